The number of aliphatic hydroxyl groups excluding tert-OH is 1. The molecule has 0 fully saturated rings. The number of Topliss-reactive ketones (excluding diaryl/α,β-unsaturated/α-hetero) is 1. The van der Waals surface area contributed by atoms with E-state index in [0.29, 0.717) is 5.02 Å². The van der Waals surface area contributed by atoms with E-state index in [9.17, 15) is 14.7 Å². The molecule has 4 nitrogen and oxygen atoms in total. The second-order valence-electron chi connectivity index (χ2n) is 3.62. The van der Waals surface area contributed by atoms with Gasteiger partial charge in [0.15, 0.2) is 5.78 Å². The number of halogens is 2. The van der Waals surface area contributed by atoms with Gasteiger partial charge in [-0.1, -0.05) is 23.2 Å². The summed E-state index contributed by atoms with van der Waals surface area (Å²) in [6, 6.07) is 4.31. The third-order valence-corrected chi connectivity index (χ3v) is 2.80. The number of hydrogen-bond acceptors (Lipinski definition) is 4. The van der Waals surface area contributed by atoms with Gasteiger partial charge in [0.2, 0.25) is 0 Å². The van der Waals surface area contributed by atoms with Gasteiger partial charge in [-0.2, -0.15) is 0 Å². The molecule has 20 heavy (non-hydrogen) atoms. The average Bonchev–Trinajstić information content (AvgIpc) is 2.28. The molecule has 0 aromatic heterocycles. The van der Waals surface area contributed by atoms with Crippen LogP contribution in [-0.4, -0.2) is 53.0 Å². The van der Waals surface area contributed by atoms with Gasteiger partial charge in [-0.3, -0.25) is 4.79 Å². The summed E-state index contributed by atoms with van der Waals surface area (Å²) in [6.45, 7) is 2.85. The molecule has 0 heterocycles. The Hall–Kier alpha value is -0.520. The number of rotatable bonds is 4. The quantitative estimate of drug-likeness (QED) is 0.231. The SMILES string of the molecule is CCOC(=O)C(C(C)=O)=C(O)c1ccc(Cl)cc1Cl.[Na]. The van der Waals surface area contributed by atoms with Crippen LogP contribution in [0.4, 0.5) is 0 Å². The van der Waals surface area contributed by atoms with Crippen LogP contribution in [0.1, 0.15) is 19.4 Å². The molecule has 0 aliphatic heterocycles. The summed E-state index contributed by atoms with van der Waals surface area (Å²) in [5.74, 6) is -2.02. The number of ether oxygens (including phenoxy) is 1. The fraction of sp³-hybridized carbons (Fsp3) is 0.231. The van der Waals surface area contributed by atoms with Gasteiger partial charge in [0.25, 0.3) is 0 Å². The number of carbonyl (C=O) groups is 2. The number of esters is 1. The predicted molar refractivity (Wildman–Crippen MR) is 79.1 cm³/mol. The van der Waals surface area contributed by atoms with Crippen molar-refractivity contribution >= 4 is 70.3 Å². The Labute approximate surface area is 149 Å². The molecule has 0 bridgehead atoms. The summed E-state index contributed by atoms with van der Waals surface area (Å²) in [5, 5.41) is 10.6. The number of hydrogen-bond donors (Lipinski definition) is 1. The Kier molecular flexibility index (Phi) is 8.47. The third-order valence-electron chi connectivity index (χ3n) is 2.25. The van der Waals surface area contributed by atoms with Gasteiger partial charge in [0.05, 0.1) is 11.6 Å². The van der Waals surface area contributed by atoms with Gasteiger partial charge in [-0.25, -0.2) is 4.79 Å². The molecule has 0 spiro atoms. The fourth-order valence-corrected chi connectivity index (χ4v) is 1.92. The van der Waals surface area contributed by atoms with Crippen LogP contribution in [-0.2, 0) is 14.3 Å². The zero-order valence-electron chi connectivity index (χ0n) is 11.4. The summed E-state index contributed by atoms with van der Waals surface area (Å²) >= 11 is 11.6. The average molecular weight is 326 g/mol. The van der Waals surface area contributed by atoms with E-state index in [0.717, 1.165) is 6.92 Å². The van der Waals surface area contributed by atoms with Crippen molar-refractivity contribution in [3.05, 3.63) is 39.4 Å². The first kappa shape index (κ1) is 19.5. The van der Waals surface area contributed by atoms with E-state index in [1.54, 1.807) is 6.92 Å². The first-order chi connectivity index (χ1) is 8.88. The van der Waals surface area contributed by atoms with Gasteiger partial charge < -0.3 is 9.84 Å². The maximum Gasteiger partial charge on any atom is 0.345 e. The zero-order valence-corrected chi connectivity index (χ0v) is 14.9. The first-order valence-electron chi connectivity index (χ1n) is 5.45. The smallest absolute Gasteiger partial charge is 0.345 e. The number of aliphatic hydroxyl groups is 1. The Morgan fingerprint density at radius 2 is 1.90 bits per heavy atom. The predicted octanol–water partition coefficient (Wildman–Crippen LogP) is 3.03. The van der Waals surface area contributed by atoms with Gasteiger partial charge in [-0.15, -0.1) is 0 Å². The Morgan fingerprint density at radius 1 is 1.30 bits per heavy atom. The second kappa shape index (κ2) is 8.70. The topological polar surface area (TPSA) is 63.6 Å². The molecular formula is C13H12Cl2NaO4. The van der Waals surface area contributed by atoms with Crippen LogP contribution in [0.2, 0.25) is 10.0 Å². The molecule has 0 aliphatic rings. The van der Waals surface area contributed by atoms with Crippen LogP contribution in [0, 0.1) is 0 Å². The van der Waals surface area contributed by atoms with Gasteiger partial charge in [0, 0.05) is 40.1 Å². The van der Waals surface area contributed by atoms with Crippen molar-refractivity contribution in [2.75, 3.05) is 6.61 Å². The fourth-order valence-electron chi connectivity index (χ4n) is 1.43. The van der Waals surface area contributed by atoms with Crippen LogP contribution in [0.5, 0.6) is 0 Å². The molecule has 0 amide bonds. The van der Waals surface area contributed by atoms with E-state index in [1.165, 1.54) is 18.2 Å². The van der Waals surface area contributed by atoms with Crippen molar-refractivity contribution in [1.82, 2.24) is 0 Å². The Bertz CT molecular complexity index is 555. The van der Waals surface area contributed by atoms with Crippen LogP contribution in [0.25, 0.3) is 5.76 Å². The summed E-state index contributed by atoms with van der Waals surface area (Å²) in [5.41, 5.74) is -0.296. The number of benzene rings is 1. The van der Waals surface area contributed by atoms with Crippen molar-refractivity contribution in [1.29, 1.82) is 0 Å². The van der Waals surface area contributed by atoms with Crippen molar-refractivity contribution in [3.63, 3.8) is 0 Å². The van der Waals surface area contributed by atoms with E-state index < -0.39 is 23.1 Å². The standard InChI is InChI=1S/C13H12Cl2O4.Na/c1-3-19-13(18)11(7(2)16)12(17)9-5-4-8(14)6-10(9)15;/h4-6,17H,3H2,1-2H3;. The summed E-state index contributed by atoms with van der Waals surface area (Å²) < 4.78 is 4.72. The van der Waals surface area contributed by atoms with Gasteiger partial charge >= 0.3 is 5.97 Å². The Morgan fingerprint density at radius 3 is 2.35 bits per heavy atom. The van der Waals surface area contributed by atoms with E-state index in [4.69, 9.17) is 27.9 Å². The van der Waals surface area contributed by atoms with Crippen molar-refractivity contribution in [2.24, 2.45) is 0 Å². The van der Waals surface area contributed by atoms with Gasteiger partial charge in [0.1, 0.15) is 11.3 Å². The zero-order chi connectivity index (χ0) is 14.6. The summed E-state index contributed by atoms with van der Waals surface area (Å²) in [7, 11) is 0. The molecule has 7 heteroatoms. The Balaban J connectivity index is 0.00000361. The normalized spacial score (nSPS) is 11.2. The van der Waals surface area contributed by atoms with E-state index >= 15 is 0 Å². The molecule has 0 atom stereocenters. The maximum atomic E-state index is 11.6. The van der Waals surface area contributed by atoms with E-state index in [2.05, 4.69) is 0 Å². The van der Waals surface area contributed by atoms with E-state index in [-0.39, 0.29) is 46.8 Å². The first-order valence-corrected chi connectivity index (χ1v) is 6.20. The molecule has 1 aromatic carbocycles. The van der Waals surface area contributed by atoms with Crippen LogP contribution in [0.3, 0.4) is 0 Å². The molecule has 0 aliphatic carbocycles. The minimum Gasteiger partial charge on any atom is -0.506 e. The molecular weight excluding hydrogens is 314 g/mol. The number of carbonyl (C=O) groups excluding carboxylic acids is 2. The van der Waals surface area contributed by atoms with Crippen molar-refractivity contribution in [3.8, 4) is 0 Å². The maximum absolute atomic E-state index is 11.6. The van der Waals surface area contributed by atoms with Crippen LogP contribution < -0.4 is 0 Å². The molecule has 0 saturated heterocycles. The van der Waals surface area contributed by atoms with Crippen LogP contribution in [0.15, 0.2) is 23.8 Å². The minimum atomic E-state index is -0.890. The minimum absolute atomic E-state index is 0. The molecule has 1 N–H and O–H groups in total. The molecule has 1 aromatic rings. The van der Waals surface area contributed by atoms with Crippen LogP contribution >= 0.6 is 23.2 Å². The number of ketones is 1. The third kappa shape index (κ3) is 4.79. The van der Waals surface area contributed by atoms with E-state index in [1.807, 2.05) is 0 Å². The van der Waals surface area contributed by atoms with Gasteiger partial charge in [-0.05, 0) is 32.0 Å². The molecule has 1 radical (unpaired) electrons. The molecule has 0 saturated carbocycles. The monoisotopic (exact) mass is 325 g/mol. The summed E-state index contributed by atoms with van der Waals surface area (Å²) in [4.78, 5) is 23.1. The molecule has 0 unspecified atom stereocenters. The molecule has 103 valence electrons. The van der Waals surface area contributed by atoms with Crippen molar-refractivity contribution in [2.45, 2.75) is 13.8 Å². The second-order valence-corrected chi connectivity index (χ2v) is 4.47. The molecule has 1 rings (SSSR count). The summed E-state index contributed by atoms with van der Waals surface area (Å²) in [6.07, 6.45) is 0. The van der Waals surface area contributed by atoms with Crippen molar-refractivity contribution < 1.29 is 19.4 Å². The largest absolute Gasteiger partial charge is 0.506 e.